The first-order chi connectivity index (χ1) is 6.36. The van der Waals surface area contributed by atoms with E-state index >= 15 is 0 Å². The van der Waals surface area contributed by atoms with Crippen LogP contribution >= 0.6 is 33.9 Å². The normalized spacial score (nSPS) is 11.4. The zero-order chi connectivity index (χ0) is 10.9. The van der Waals surface area contributed by atoms with Crippen LogP contribution < -0.4 is 0 Å². The Morgan fingerprint density at radius 2 is 1.71 bits per heavy atom. The van der Waals surface area contributed by atoms with Gasteiger partial charge >= 0.3 is 0 Å². The molecule has 1 aromatic rings. The number of halogens is 3. The summed E-state index contributed by atoms with van der Waals surface area (Å²) in [6.07, 6.45) is 0.471. The SMILES string of the molecule is O=Cc1cc(Cl)c(S(=O)(=O)Cl)cc1Cl. The van der Waals surface area contributed by atoms with E-state index < -0.39 is 9.05 Å². The van der Waals surface area contributed by atoms with Gasteiger partial charge in [-0.15, -0.1) is 0 Å². The molecule has 0 saturated carbocycles. The van der Waals surface area contributed by atoms with Crippen LogP contribution in [-0.2, 0) is 9.05 Å². The standard InChI is InChI=1S/C7H3Cl3O3S/c8-5-2-7(14(10,12)13)6(9)1-4(5)3-11/h1-3H. The molecule has 76 valence electrons. The summed E-state index contributed by atoms with van der Waals surface area (Å²) in [6, 6.07) is 2.18. The van der Waals surface area contributed by atoms with Gasteiger partial charge in [0, 0.05) is 16.2 Å². The van der Waals surface area contributed by atoms with Gasteiger partial charge < -0.3 is 0 Å². The average Bonchev–Trinajstić information content (AvgIpc) is 2.06. The maximum absolute atomic E-state index is 10.9. The highest BCUT2D eigenvalue weighted by molar-refractivity contribution is 8.13. The average molecular weight is 274 g/mol. The van der Waals surface area contributed by atoms with Crippen molar-refractivity contribution in [3.05, 3.63) is 27.7 Å². The van der Waals surface area contributed by atoms with Crippen LogP contribution in [0.1, 0.15) is 10.4 Å². The van der Waals surface area contributed by atoms with Crippen LogP contribution in [0.3, 0.4) is 0 Å². The van der Waals surface area contributed by atoms with E-state index in [4.69, 9.17) is 33.9 Å². The van der Waals surface area contributed by atoms with Crippen molar-refractivity contribution in [2.45, 2.75) is 4.90 Å². The highest BCUT2D eigenvalue weighted by Crippen LogP contribution is 2.29. The summed E-state index contributed by atoms with van der Waals surface area (Å²) in [7, 11) is 1.13. The molecule has 0 fully saturated rings. The van der Waals surface area contributed by atoms with Crippen LogP contribution in [0.25, 0.3) is 0 Å². The molecule has 0 N–H and O–H groups in total. The molecule has 0 radical (unpaired) electrons. The lowest BCUT2D eigenvalue weighted by molar-refractivity contribution is 0.112. The van der Waals surface area contributed by atoms with Crippen molar-refractivity contribution in [2.24, 2.45) is 0 Å². The monoisotopic (exact) mass is 272 g/mol. The van der Waals surface area contributed by atoms with E-state index in [1.807, 2.05) is 0 Å². The molecule has 1 aromatic carbocycles. The van der Waals surface area contributed by atoms with Crippen molar-refractivity contribution in [1.82, 2.24) is 0 Å². The molecule has 0 aliphatic rings. The van der Waals surface area contributed by atoms with Crippen molar-refractivity contribution < 1.29 is 13.2 Å². The van der Waals surface area contributed by atoms with Gasteiger partial charge in [0.1, 0.15) is 4.90 Å². The van der Waals surface area contributed by atoms with E-state index in [0.29, 0.717) is 6.29 Å². The highest BCUT2D eigenvalue weighted by Gasteiger charge is 2.17. The Bertz CT molecular complexity index is 481. The smallest absolute Gasteiger partial charge is 0.262 e. The zero-order valence-corrected chi connectivity index (χ0v) is 9.58. The Labute approximate surface area is 95.0 Å². The van der Waals surface area contributed by atoms with Crippen molar-refractivity contribution >= 4 is 49.2 Å². The Morgan fingerprint density at radius 3 is 2.14 bits per heavy atom. The minimum Gasteiger partial charge on any atom is -0.298 e. The minimum absolute atomic E-state index is 0.0105. The van der Waals surface area contributed by atoms with Crippen LogP contribution in [-0.4, -0.2) is 14.7 Å². The molecule has 0 heterocycles. The predicted molar refractivity (Wildman–Crippen MR) is 54.9 cm³/mol. The number of carbonyl (C=O) groups is 1. The van der Waals surface area contributed by atoms with Crippen LogP contribution in [0.15, 0.2) is 17.0 Å². The topological polar surface area (TPSA) is 51.2 Å². The fourth-order valence-electron chi connectivity index (χ4n) is 0.821. The Kier molecular flexibility index (Phi) is 3.42. The summed E-state index contributed by atoms with van der Waals surface area (Å²) in [5, 5.41) is -0.143. The highest BCUT2D eigenvalue weighted by atomic mass is 35.7. The molecule has 1 rings (SSSR count). The van der Waals surface area contributed by atoms with Gasteiger partial charge in [-0.05, 0) is 12.1 Å². The molecule has 14 heavy (non-hydrogen) atoms. The molecule has 0 bridgehead atoms. The van der Waals surface area contributed by atoms with Gasteiger partial charge in [-0.3, -0.25) is 4.79 Å². The number of carbonyl (C=O) groups excluding carboxylic acids is 1. The van der Waals surface area contributed by atoms with Gasteiger partial charge in [-0.2, -0.15) is 0 Å². The first kappa shape index (κ1) is 11.8. The quantitative estimate of drug-likeness (QED) is 0.615. The number of benzene rings is 1. The lowest BCUT2D eigenvalue weighted by Gasteiger charge is -2.02. The van der Waals surface area contributed by atoms with Gasteiger partial charge in [-0.25, -0.2) is 8.42 Å². The van der Waals surface area contributed by atoms with Crippen LogP contribution in [0.2, 0.25) is 10.0 Å². The first-order valence-electron chi connectivity index (χ1n) is 3.25. The molecule has 0 atom stereocenters. The van der Waals surface area contributed by atoms with E-state index in [0.717, 1.165) is 12.1 Å². The second kappa shape index (κ2) is 4.06. The summed E-state index contributed by atoms with van der Waals surface area (Å²) < 4.78 is 21.9. The van der Waals surface area contributed by atoms with E-state index in [9.17, 15) is 13.2 Å². The molecular formula is C7H3Cl3O3S. The Morgan fingerprint density at radius 1 is 1.14 bits per heavy atom. The minimum atomic E-state index is -3.94. The molecule has 0 amide bonds. The van der Waals surface area contributed by atoms with Crippen molar-refractivity contribution in [3.63, 3.8) is 0 Å². The molecule has 0 aliphatic carbocycles. The maximum Gasteiger partial charge on any atom is 0.262 e. The first-order valence-corrected chi connectivity index (χ1v) is 6.31. The van der Waals surface area contributed by atoms with Crippen molar-refractivity contribution in [3.8, 4) is 0 Å². The van der Waals surface area contributed by atoms with E-state index in [1.54, 1.807) is 0 Å². The number of rotatable bonds is 2. The third-order valence-corrected chi connectivity index (χ3v) is 3.55. The number of aldehydes is 1. The number of hydrogen-bond acceptors (Lipinski definition) is 3. The summed E-state index contributed by atoms with van der Waals surface area (Å²) >= 11 is 11.2. The van der Waals surface area contributed by atoms with Crippen LogP contribution in [0.5, 0.6) is 0 Å². The predicted octanol–water partition coefficient (Wildman–Crippen LogP) is 2.73. The second-order valence-corrected chi connectivity index (χ2v) is 5.71. The summed E-state index contributed by atoms with van der Waals surface area (Å²) in [5.74, 6) is 0. The van der Waals surface area contributed by atoms with Crippen LogP contribution in [0, 0.1) is 0 Å². The second-order valence-electron chi connectivity index (χ2n) is 2.36. The molecule has 0 aromatic heterocycles. The molecule has 0 aliphatic heterocycles. The third kappa shape index (κ3) is 2.39. The fourth-order valence-corrected chi connectivity index (χ4v) is 2.62. The van der Waals surface area contributed by atoms with E-state index in [-0.39, 0.29) is 20.5 Å². The molecule has 7 heteroatoms. The lowest BCUT2D eigenvalue weighted by Crippen LogP contribution is -1.94. The Hall–Kier alpha value is -0.290. The molecule has 0 spiro atoms. The van der Waals surface area contributed by atoms with Crippen LogP contribution in [0.4, 0.5) is 0 Å². The Balaban J connectivity index is 3.52. The zero-order valence-electron chi connectivity index (χ0n) is 6.50. The van der Waals surface area contributed by atoms with E-state index in [2.05, 4.69) is 0 Å². The van der Waals surface area contributed by atoms with Gasteiger partial charge in [0.2, 0.25) is 0 Å². The summed E-state index contributed by atoms with van der Waals surface area (Å²) in [4.78, 5) is 10.1. The van der Waals surface area contributed by atoms with Gasteiger partial charge in [0.25, 0.3) is 9.05 Å². The van der Waals surface area contributed by atoms with Crippen molar-refractivity contribution in [1.29, 1.82) is 0 Å². The largest absolute Gasteiger partial charge is 0.298 e. The molecular weight excluding hydrogens is 270 g/mol. The van der Waals surface area contributed by atoms with Crippen molar-refractivity contribution in [2.75, 3.05) is 0 Å². The molecule has 3 nitrogen and oxygen atoms in total. The molecule has 0 unspecified atom stereocenters. The number of hydrogen-bond donors (Lipinski definition) is 0. The maximum atomic E-state index is 10.9. The fraction of sp³-hybridized carbons (Fsp3) is 0. The summed E-state index contributed by atoms with van der Waals surface area (Å²) in [5.41, 5.74) is 0.112. The van der Waals surface area contributed by atoms with Gasteiger partial charge in [0.05, 0.1) is 10.0 Å². The summed E-state index contributed by atoms with van der Waals surface area (Å²) in [6.45, 7) is 0. The van der Waals surface area contributed by atoms with Gasteiger partial charge in [0.15, 0.2) is 6.29 Å². The van der Waals surface area contributed by atoms with Gasteiger partial charge in [-0.1, -0.05) is 23.2 Å². The van der Waals surface area contributed by atoms with E-state index in [1.165, 1.54) is 0 Å². The lowest BCUT2D eigenvalue weighted by atomic mass is 10.2. The third-order valence-electron chi connectivity index (χ3n) is 1.44. The molecule has 0 saturated heterocycles.